The number of imidazole rings is 1. The Balaban J connectivity index is 1.97. The topological polar surface area (TPSA) is 43.8 Å². The Bertz CT molecular complexity index is 545. The van der Waals surface area contributed by atoms with Gasteiger partial charge in [0.25, 0.3) is 0 Å². The maximum absolute atomic E-state index is 5.98. The minimum atomic E-state index is 0.276. The first-order valence-corrected chi connectivity index (χ1v) is 7.44. The van der Waals surface area contributed by atoms with Crippen molar-refractivity contribution in [1.82, 2.24) is 9.55 Å². The first-order valence-electron chi connectivity index (χ1n) is 6.22. The second-order valence-electron chi connectivity index (χ2n) is 4.72. The molecule has 1 atom stereocenters. The summed E-state index contributed by atoms with van der Waals surface area (Å²) in [5.74, 6) is 0. The van der Waals surface area contributed by atoms with Gasteiger partial charge < -0.3 is 10.3 Å². The fourth-order valence-corrected chi connectivity index (χ4v) is 2.89. The van der Waals surface area contributed by atoms with Crippen LogP contribution in [0.1, 0.15) is 12.1 Å². The third kappa shape index (κ3) is 2.06. The van der Waals surface area contributed by atoms with Crippen LogP contribution in [0.5, 0.6) is 0 Å². The molecule has 2 aromatic rings. The summed E-state index contributed by atoms with van der Waals surface area (Å²) in [4.78, 5) is 5.84. The fourth-order valence-electron chi connectivity index (χ4n) is 2.48. The highest BCUT2D eigenvalue weighted by atomic mass is 32.2. The average molecular weight is 259 g/mol. The molecule has 0 fully saturated rings. The number of benzene rings is 1. The van der Waals surface area contributed by atoms with E-state index in [0.717, 1.165) is 25.1 Å². The maximum atomic E-state index is 5.98. The summed E-state index contributed by atoms with van der Waals surface area (Å²) in [5.41, 5.74) is 9.64. The van der Waals surface area contributed by atoms with Crippen molar-refractivity contribution in [3.63, 3.8) is 0 Å². The lowest BCUT2D eigenvalue weighted by molar-refractivity contribution is 0.461. The van der Waals surface area contributed by atoms with Crippen molar-refractivity contribution in [3.05, 3.63) is 36.3 Å². The summed E-state index contributed by atoms with van der Waals surface area (Å²) in [6.07, 6.45) is 6.10. The van der Waals surface area contributed by atoms with E-state index in [1.807, 2.05) is 6.33 Å². The van der Waals surface area contributed by atoms with E-state index < -0.39 is 0 Å². The van der Waals surface area contributed by atoms with Crippen LogP contribution < -0.4 is 5.73 Å². The Morgan fingerprint density at radius 2 is 2.11 bits per heavy atom. The van der Waals surface area contributed by atoms with E-state index in [-0.39, 0.29) is 6.04 Å². The second-order valence-corrected chi connectivity index (χ2v) is 5.60. The fraction of sp³-hybridized carbons (Fsp3) is 0.357. The molecule has 2 N–H and O–H groups in total. The number of nitrogens with two attached hydrogens (primary N) is 1. The Kier molecular flexibility index (Phi) is 3.14. The number of nitrogens with zero attached hydrogens (tertiary/aromatic N) is 2. The van der Waals surface area contributed by atoms with Gasteiger partial charge in [0.15, 0.2) is 0 Å². The normalized spacial score (nSPS) is 18.7. The molecule has 0 radical (unpaired) electrons. The van der Waals surface area contributed by atoms with Crippen molar-refractivity contribution in [1.29, 1.82) is 0 Å². The van der Waals surface area contributed by atoms with Gasteiger partial charge in [-0.15, -0.1) is 11.8 Å². The minimum Gasteiger partial charge on any atom is -0.332 e. The van der Waals surface area contributed by atoms with E-state index >= 15 is 0 Å². The predicted molar refractivity (Wildman–Crippen MR) is 75.7 cm³/mol. The first-order chi connectivity index (χ1) is 8.78. The molecule has 3 rings (SSSR count). The Morgan fingerprint density at radius 1 is 1.33 bits per heavy atom. The molecule has 3 nitrogen and oxygen atoms in total. The summed E-state index contributed by atoms with van der Waals surface area (Å²) in [6.45, 7) is 0.894. The molecular weight excluding hydrogens is 242 g/mol. The molecule has 2 heterocycles. The zero-order chi connectivity index (χ0) is 12.5. The molecule has 0 aliphatic carbocycles. The standard InChI is InChI=1S/C14H17N3S/c1-18-12-5-2-10(3-6-12)14-13-7-4-11(15)8-17(13)9-16-14/h2-3,5-6,9,11H,4,7-8,15H2,1H3. The second kappa shape index (κ2) is 4.78. The van der Waals surface area contributed by atoms with Gasteiger partial charge >= 0.3 is 0 Å². The summed E-state index contributed by atoms with van der Waals surface area (Å²) < 4.78 is 2.20. The monoisotopic (exact) mass is 259 g/mol. The van der Waals surface area contributed by atoms with Crippen molar-refractivity contribution in [2.24, 2.45) is 5.73 Å². The van der Waals surface area contributed by atoms with Crippen molar-refractivity contribution in [2.45, 2.75) is 30.3 Å². The van der Waals surface area contributed by atoms with Crippen LogP contribution in [0.15, 0.2) is 35.5 Å². The first kappa shape index (κ1) is 11.8. The van der Waals surface area contributed by atoms with Crippen LogP contribution in [-0.4, -0.2) is 21.8 Å². The molecule has 4 heteroatoms. The van der Waals surface area contributed by atoms with Gasteiger partial charge in [-0.2, -0.15) is 0 Å². The van der Waals surface area contributed by atoms with Gasteiger partial charge in [-0.25, -0.2) is 4.98 Å². The van der Waals surface area contributed by atoms with Crippen LogP contribution in [0.3, 0.4) is 0 Å². The summed E-state index contributed by atoms with van der Waals surface area (Å²) in [5, 5.41) is 0. The van der Waals surface area contributed by atoms with Crippen LogP contribution >= 0.6 is 11.8 Å². The Hall–Kier alpha value is -1.26. The van der Waals surface area contributed by atoms with Gasteiger partial charge in [-0.1, -0.05) is 12.1 Å². The molecule has 1 aliphatic rings. The molecule has 18 heavy (non-hydrogen) atoms. The van der Waals surface area contributed by atoms with Crippen molar-refractivity contribution in [2.75, 3.05) is 6.26 Å². The maximum Gasteiger partial charge on any atom is 0.0956 e. The van der Waals surface area contributed by atoms with Crippen molar-refractivity contribution >= 4 is 11.8 Å². The van der Waals surface area contributed by atoms with Crippen molar-refractivity contribution in [3.8, 4) is 11.3 Å². The van der Waals surface area contributed by atoms with Gasteiger partial charge in [0.2, 0.25) is 0 Å². The molecule has 1 unspecified atom stereocenters. The number of aromatic nitrogens is 2. The number of hydrogen-bond donors (Lipinski definition) is 1. The van der Waals surface area contributed by atoms with Crippen LogP contribution in [0, 0.1) is 0 Å². The Labute approximate surface area is 111 Å². The summed E-state index contributed by atoms with van der Waals surface area (Å²) in [6, 6.07) is 8.90. The highest BCUT2D eigenvalue weighted by Crippen LogP contribution is 2.27. The van der Waals surface area contributed by atoms with Crippen LogP contribution in [0.25, 0.3) is 11.3 Å². The predicted octanol–water partition coefficient (Wildman–Crippen LogP) is 2.55. The van der Waals surface area contributed by atoms with Crippen molar-refractivity contribution < 1.29 is 0 Å². The number of thioether (sulfide) groups is 1. The molecule has 1 aliphatic heterocycles. The van der Waals surface area contributed by atoms with E-state index in [1.54, 1.807) is 11.8 Å². The number of rotatable bonds is 2. The summed E-state index contributed by atoms with van der Waals surface area (Å²) >= 11 is 1.76. The van der Waals surface area contributed by atoms with E-state index in [2.05, 4.69) is 40.1 Å². The molecule has 0 amide bonds. The molecule has 0 spiro atoms. The van der Waals surface area contributed by atoms with Crippen LogP contribution in [0.2, 0.25) is 0 Å². The van der Waals surface area contributed by atoms with Gasteiger partial charge in [0.05, 0.1) is 12.0 Å². The van der Waals surface area contributed by atoms with E-state index in [1.165, 1.54) is 16.2 Å². The van der Waals surface area contributed by atoms with E-state index in [9.17, 15) is 0 Å². The lowest BCUT2D eigenvalue weighted by Crippen LogP contribution is -2.31. The minimum absolute atomic E-state index is 0.276. The largest absolute Gasteiger partial charge is 0.332 e. The molecule has 94 valence electrons. The van der Waals surface area contributed by atoms with Gasteiger partial charge in [0.1, 0.15) is 0 Å². The highest BCUT2D eigenvalue weighted by molar-refractivity contribution is 7.98. The molecule has 0 saturated carbocycles. The third-order valence-corrected chi connectivity index (χ3v) is 4.24. The zero-order valence-corrected chi connectivity index (χ0v) is 11.3. The zero-order valence-electron chi connectivity index (χ0n) is 10.5. The van der Waals surface area contributed by atoms with E-state index in [4.69, 9.17) is 5.73 Å². The SMILES string of the molecule is CSc1ccc(-c2ncn3c2CCC(N)C3)cc1. The summed E-state index contributed by atoms with van der Waals surface area (Å²) in [7, 11) is 0. The molecular formula is C14H17N3S. The van der Waals surface area contributed by atoms with Gasteiger partial charge in [-0.3, -0.25) is 0 Å². The molecule has 0 saturated heterocycles. The van der Waals surface area contributed by atoms with Gasteiger partial charge in [0, 0.05) is 28.7 Å². The quantitative estimate of drug-likeness (QED) is 0.843. The van der Waals surface area contributed by atoms with Gasteiger partial charge in [-0.05, 0) is 31.2 Å². The average Bonchev–Trinajstić information content (AvgIpc) is 2.81. The lowest BCUT2D eigenvalue weighted by atomic mass is 10.0. The lowest BCUT2D eigenvalue weighted by Gasteiger charge is -2.21. The van der Waals surface area contributed by atoms with Crippen LogP contribution in [0.4, 0.5) is 0 Å². The Morgan fingerprint density at radius 3 is 2.83 bits per heavy atom. The molecule has 0 bridgehead atoms. The number of hydrogen-bond acceptors (Lipinski definition) is 3. The molecule has 1 aromatic heterocycles. The third-order valence-electron chi connectivity index (χ3n) is 3.49. The molecule has 1 aromatic carbocycles. The number of fused-ring (bicyclic) bond motifs is 1. The smallest absolute Gasteiger partial charge is 0.0956 e. The van der Waals surface area contributed by atoms with Crippen LogP contribution in [-0.2, 0) is 13.0 Å². The highest BCUT2D eigenvalue weighted by Gasteiger charge is 2.19. The van der Waals surface area contributed by atoms with E-state index in [0.29, 0.717) is 0 Å².